The Kier molecular flexibility index (Phi) is 4.63. The molecule has 3 aromatic rings. The van der Waals surface area contributed by atoms with Gasteiger partial charge < -0.3 is 5.32 Å². The van der Waals surface area contributed by atoms with Gasteiger partial charge in [0.2, 0.25) is 0 Å². The minimum Gasteiger partial charge on any atom is -0.360 e. The Balaban J connectivity index is 1.83. The van der Waals surface area contributed by atoms with Gasteiger partial charge in [0, 0.05) is 16.4 Å². The van der Waals surface area contributed by atoms with Gasteiger partial charge in [-0.3, -0.25) is 9.69 Å². The summed E-state index contributed by atoms with van der Waals surface area (Å²) in [5.74, 6) is 0.422. The van der Waals surface area contributed by atoms with Crippen molar-refractivity contribution in [2.45, 2.75) is 25.9 Å². The van der Waals surface area contributed by atoms with E-state index in [0.717, 1.165) is 16.9 Å². The van der Waals surface area contributed by atoms with Gasteiger partial charge in [-0.1, -0.05) is 61.8 Å². The number of para-hydroxylation sites is 1. The molecule has 0 radical (unpaired) electrons. The van der Waals surface area contributed by atoms with Crippen LogP contribution in [0.5, 0.6) is 0 Å². The van der Waals surface area contributed by atoms with Crippen molar-refractivity contribution < 1.29 is 4.79 Å². The summed E-state index contributed by atoms with van der Waals surface area (Å²) in [7, 11) is 0. The number of carbonyl (C=O) groups excluding carboxylic acids is 1. The first-order valence-corrected chi connectivity index (χ1v) is 9.47. The summed E-state index contributed by atoms with van der Waals surface area (Å²) in [6.45, 7) is 4.32. The summed E-state index contributed by atoms with van der Waals surface area (Å²) in [4.78, 5) is 15.2. The molecule has 1 amide bonds. The molecule has 3 aromatic carbocycles. The number of hydrogen-bond donors (Lipinski definition) is 1. The van der Waals surface area contributed by atoms with Crippen LogP contribution < -0.4 is 10.2 Å². The van der Waals surface area contributed by atoms with Crippen LogP contribution in [0.1, 0.15) is 47.4 Å². The number of fused-ring (bicyclic) bond motifs is 1. The van der Waals surface area contributed by atoms with Crippen molar-refractivity contribution in [1.29, 1.82) is 0 Å². The number of amides is 1. The lowest BCUT2D eigenvalue weighted by atomic mass is 10.0. The fraction of sp³-hybridized carbons (Fsp3) is 0.174. The zero-order valence-electron chi connectivity index (χ0n) is 15.3. The van der Waals surface area contributed by atoms with Crippen LogP contribution in [0, 0.1) is 0 Å². The van der Waals surface area contributed by atoms with Gasteiger partial charge in [0.1, 0.15) is 6.17 Å². The molecule has 27 heavy (non-hydrogen) atoms. The van der Waals surface area contributed by atoms with Crippen LogP contribution in [0.3, 0.4) is 0 Å². The monoisotopic (exact) mass is 376 g/mol. The molecular formula is C23H21ClN2O. The SMILES string of the molecule is CC(C)c1ccc(N2C(=O)c3ccccc3NC2c2cccc(Cl)c2)cc1. The van der Waals surface area contributed by atoms with Gasteiger partial charge in [-0.2, -0.15) is 0 Å². The van der Waals surface area contributed by atoms with Gasteiger partial charge >= 0.3 is 0 Å². The summed E-state index contributed by atoms with van der Waals surface area (Å²) >= 11 is 6.22. The van der Waals surface area contributed by atoms with Crippen molar-refractivity contribution in [3.63, 3.8) is 0 Å². The fourth-order valence-electron chi connectivity index (χ4n) is 3.45. The van der Waals surface area contributed by atoms with Crippen LogP contribution in [0.2, 0.25) is 5.02 Å². The van der Waals surface area contributed by atoms with Crippen LogP contribution in [-0.4, -0.2) is 5.91 Å². The lowest BCUT2D eigenvalue weighted by molar-refractivity contribution is 0.0975. The molecule has 1 unspecified atom stereocenters. The second kappa shape index (κ2) is 7.09. The van der Waals surface area contributed by atoms with E-state index in [0.29, 0.717) is 16.5 Å². The number of nitrogens with one attached hydrogen (secondary N) is 1. The lowest BCUT2D eigenvalue weighted by Gasteiger charge is -2.38. The summed E-state index contributed by atoms with van der Waals surface area (Å²) in [6.07, 6.45) is -0.323. The highest BCUT2D eigenvalue weighted by Gasteiger charge is 2.34. The summed E-state index contributed by atoms with van der Waals surface area (Å²) in [6, 6.07) is 23.4. The third-order valence-electron chi connectivity index (χ3n) is 4.93. The van der Waals surface area contributed by atoms with E-state index in [1.807, 2.05) is 60.7 Å². The zero-order chi connectivity index (χ0) is 19.0. The molecule has 0 spiro atoms. The Morgan fingerprint density at radius 1 is 0.963 bits per heavy atom. The molecule has 136 valence electrons. The molecule has 1 aliphatic rings. The first-order chi connectivity index (χ1) is 13.0. The fourth-order valence-corrected chi connectivity index (χ4v) is 3.65. The van der Waals surface area contributed by atoms with Crippen molar-refractivity contribution in [2.24, 2.45) is 0 Å². The van der Waals surface area contributed by atoms with E-state index in [1.54, 1.807) is 4.90 Å². The molecule has 4 rings (SSSR count). The number of halogens is 1. The average molecular weight is 377 g/mol. The van der Waals surface area contributed by atoms with Gasteiger partial charge in [0.05, 0.1) is 5.56 Å². The maximum Gasteiger partial charge on any atom is 0.262 e. The maximum atomic E-state index is 13.4. The van der Waals surface area contributed by atoms with Gasteiger partial charge in [0.15, 0.2) is 0 Å². The second-order valence-electron chi connectivity index (χ2n) is 7.07. The predicted molar refractivity (Wildman–Crippen MR) is 112 cm³/mol. The van der Waals surface area contributed by atoms with Gasteiger partial charge in [-0.15, -0.1) is 0 Å². The standard InChI is InChI=1S/C23H21ClN2O/c1-15(2)16-10-12-19(13-11-16)26-22(17-6-5-7-18(24)14-17)25-21-9-4-3-8-20(21)23(26)27/h3-15,22,25H,1-2H3. The lowest BCUT2D eigenvalue weighted by Crippen LogP contribution is -2.43. The van der Waals surface area contributed by atoms with E-state index in [4.69, 9.17) is 11.6 Å². The zero-order valence-corrected chi connectivity index (χ0v) is 16.1. The molecule has 0 fully saturated rings. The molecular weight excluding hydrogens is 356 g/mol. The molecule has 0 aromatic heterocycles. The highest BCUT2D eigenvalue weighted by molar-refractivity contribution is 6.30. The number of nitrogens with zero attached hydrogens (tertiary/aromatic N) is 1. The molecule has 0 saturated carbocycles. The highest BCUT2D eigenvalue weighted by Crippen LogP contribution is 2.37. The van der Waals surface area contributed by atoms with Crippen LogP contribution >= 0.6 is 11.6 Å². The number of carbonyl (C=O) groups is 1. The minimum atomic E-state index is -0.323. The third kappa shape index (κ3) is 3.31. The van der Waals surface area contributed by atoms with Crippen LogP contribution in [0.4, 0.5) is 11.4 Å². The molecule has 4 heteroatoms. The van der Waals surface area contributed by atoms with Gasteiger partial charge in [-0.25, -0.2) is 0 Å². The predicted octanol–water partition coefficient (Wildman–Crippen LogP) is 6.23. The molecule has 1 aliphatic heterocycles. The van der Waals surface area contributed by atoms with Crippen molar-refractivity contribution >= 4 is 28.9 Å². The molecule has 0 saturated heterocycles. The van der Waals surface area contributed by atoms with E-state index in [1.165, 1.54) is 5.56 Å². The van der Waals surface area contributed by atoms with Gasteiger partial charge in [0.25, 0.3) is 5.91 Å². The third-order valence-corrected chi connectivity index (χ3v) is 5.16. The van der Waals surface area contributed by atoms with E-state index in [9.17, 15) is 4.79 Å². The first kappa shape index (κ1) is 17.6. The summed E-state index contributed by atoms with van der Waals surface area (Å²) in [5.41, 5.74) is 4.55. The second-order valence-corrected chi connectivity index (χ2v) is 7.51. The smallest absolute Gasteiger partial charge is 0.262 e. The normalized spacial score (nSPS) is 16.2. The van der Waals surface area contributed by atoms with E-state index in [2.05, 4.69) is 31.3 Å². The van der Waals surface area contributed by atoms with Crippen molar-refractivity contribution in [3.05, 3.63) is 94.5 Å². The molecule has 1 N–H and O–H groups in total. The highest BCUT2D eigenvalue weighted by atomic mass is 35.5. The molecule has 1 heterocycles. The topological polar surface area (TPSA) is 32.3 Å². The van der Waals surface area contributed by atoms with E-state index >= 15 is 0 Å². The number of anilines is 2. The van der Waals surface area contributed by atoms with Crippen molar-refractivity contribution in [2.75, 3.05) is 10.2 Å². The molecule has 0 aliphatic carbocycles. The van der Waals surface area contributed by atoms with Crippen LogP contribution in [0.15, 0.2) is 72.8 Å². The Bertz CT molecular complexity index is 982. The largest absolute Gasteiger partial charge is 0.360 e. The number of benzene rings is 3. The molecule has 1 atom stereocenters. The van der Waals surface area contributed by atoms with E-state index < -0.39 is 0 Å². The maximum absolute atomic E-state index is 13.4. The Morgan fingerprint density at radius 3 is 2.41 bits per heavy atom. The number of rotatable bonds is 3. The van der Waals surface area contributed by atoms with E-state index in [-0.39, 0.29) is 12.1 Å². The average Bonchev–Trinajstić information content (AvgIpc) is 2.68. The Morgan fingerprint density at radius 2 is 1.70 bits per heavy atom. The first-order valence-electron chi connectivity index (χ1n) is 9.09. The summed E-state index contributed by atoms with van der Waals surface area (Å²) in [5, 5.41) is 4.15. The van der Waals surface area contributed by atoms with Crippen LogP contribution in [-0.2, 0) is 0 Å². The Labute approximate surface area is 164 Å². The molecule has 0 bridgehead atoms. The summed E-state index contributed by atoms with van der Waals surface area (Å²) < 4.78 is 0. The number of hydrogen-bond acceptors (Lipinski definition) is 2. The minimum absolute atomic E-state index is 0.0216. The van der Waals surface area contributed by atoms with Crippen molar-refractivity contribution in [1.82, 2.24) is 0 Å². The van der Waals surface area contributed by atoms with Gasteiger partial charge in [-0.05, 0) is 53.4 Å². The van der Waals surface area contributed by atoms with Crippen LogP contribution in [0.25, 0.3) is 0 Å². The van der Waals surface area contributed by atoms with Crippen molar-refractivity contribution in [3.8, 4) is 0 Å². The quantitative estimate of drug-likeness (QED) is 0.587. The Hall–Kier alpha value is -2.78. The molecule has 3 nitrogen and oxygen atoms in total.